The topological polar surface area (TPSA) is 21.3 Å². The zero-order chi connectivity index (χ0) is 51.5. The molecule has 0 amide bonds. The van der Waals surface area contributed by atoms with Gasteiger partial charge in [-0.25, -0.2) is 0 Å². The minimum atomic E-state index is -0.623. The van der Waals surface area contributed by atoms with Crippen molar-refractivity contribution in [1.29, 1.82) is 0 Å². The molecule has 0 saturated heterocycles. The van der Waals surface area contributed by atoms with Crippen LogP contribution in [0.3, 0.4) is 0 Å². The Kier molecular flexibility index (Phi) is 11.1. The van der Waals surface area contributed by atoms with Crippen LogP contribution in [0.1, 0.15) is 29.2 Å². The van der Waals surface area contributed by atoms with Gasteiger partial charge in [0.05, 0.1) is 21.8 Å². The summed E-state index contributed by atoms with van der Waals surface area (Å²) in [6.07, 6.45) is 6.51. The van der Waals surface area contributed by atoms with Crippen LogP contribution in [-0.2, 0) is 5.41 Å². The van der Waals surface area contributed by atoms with Gasteiger partial charge in [0.1, 0.15) is 11.2 Å². The van der Waals surface area contributed by atoms with Gasteiger partial charge in [0.15, 0.2) is 0 Å². The lowest BCUT2D eigenvalue weighted by Crippen LogP contribution is -2.29. The first kappa shape index (κ1) is 45.6. The van der Waals surface area contributed by atoms with Gasteiger partial charge >= 0.3 is 0 Å². The van der Waals surface area contributed by atoms with Gasteiger partial charge < -0.3 is 13.9 Å². The molecule has 0 atom stereocenters. The summed E-state index contributed by atoms with van der Waals surface area (Å²) in [6.45, 7) is 6.89. The molecule has 0 N–H and O–H groups in total. The standard InChI is InChI=1S/C74H52N2O/c1-3-4-34-67-50(2)62-46-45-61(48-68(62)74(67,56-27-13-7-14-28-56)57-29-15-8-16-30-57)75(58-41-37-53(38-42-58)51-22-9-5-10-23-51)59-43-39-54(40-44-59)65-49-66-63-32-17-19-35-69(63)76(60-31-21-26-55(47-60)52-24-11-6-12-25-52)72(66)71-64-33-18-20-36-70(64)77-73(65)71/h3-49H,2H2,1H3/b4-3-,67-34+. The second-order valence-electron chi connectivity index (χ2n) is 20.0. The van der Waals surface area contributed by atoms with Gasteiger partial charge in [-0.05, 0) is 135 Å². The summed E-state index contributed by atoms with van der Waals surface area (Å²) in [4.78, 5) is 2.40. The normalized spacial score (nSPS) is 13.6. The van der Waals surface area contributed by atoms with Gasteiger partial charge in [-0.15, -0.1) is 0 Å². The van der Waals surface area contributed by atoms with Crippen molar-refractivity contribution >= 4 is 66.4 Å². The van der Waals surface area contributed by atoms with Crippen molar-refractivity contribution < 1.29 is 4.42 Å². The molecule has 14 rings (SSSR count). The summed E-state index contributed by atoms with van der Waals surface area (Å²) in [6, 6.07) is 96.6. The fourth-order valence-corrected chi connectivity index (χ4v) is 12.3. The molecule has 1 aliphatic rings. The van der Waals surface area contributed by atoms with Crippen LogP contribution in [0.15, 0.2) is 302 Å². The van der Waals surface area contributed by atoms with E-state index >= 15 is 0 Å². The van der Waals surface area contributed by atoms with Crippen molar-refractivity contribution in [2.24, 2.45) is 0 Å². The molecule has 364 valence electrons. The number of aromatic nitrogens is 1. The highest BCUT2D eigenvalue weighted by Crippen LogP contribution is 2.58. The maximum atomic E-state index is 7.03. The number of nitrogens with zero attached hydrogens (tertiary/aromatic N) is 2. The van der Waals surface area contributed by atoms with Crippen LogP contribution in [0, 0.1) is 0 Å². The summed E-state index contributed by atoms with van der Waals surface area (Å²) in [5, 5.41) is 4.55. The summed E-state index contributed by atoms with van der Waals surface area (Å²) in [5.74, 6) is 0. The molecule has 0 saturated carbocycles. The summed E-state index contributed by atoms with van der Waals surface area (Å²) in [7, 11) is 0. The van der Waals surface area contributed by atoms with E-state index in [1.165, 1.54) is 49.7 Å². The maximum absolute atomic E-state index is 7.03. The zero-order valence-electron chi connectivity index (χ0n) is 42.6. The lowest BCUT2D eigenvalue weighted by atomic mass is 9.67. The van der Waals surface area contributed by atoms with Crippen LogP contribution < -0.4 is 4.90 Å². The summed E-state index contributed by atoms with van der Waals surface area (Å²) >= 11 is 0. The fourth-order valence-electron chi connectivity index (χ4n) is 12.3. The minimum Gasteiger partial charge on any atom is -0.455 e. The van der Waals surface area contributed by atoms with Crippen LogP contribution in [0.25, 0.3) is 88.4 Å². The van der Waals surface area contributed by atoms with Crippen molar-refractivity contribution in [2.75, 3.05) is 4.90 Å². The monoisotopic (exact) mass is 984 g/mol. The number of para-hydroxylation sites is 2. The molecule has 0 fully saturated rings. The first-order chi connectivity index (χ1) is 38.1. The molecule has 3 nitrogen and oxygen atoms in total. The van der Waals surface area contributed by atoms with Crippen LogP contribution in [0.2, 0.25) is 0 Å². The molecular formula is C74H52N2O. The Bertz CT molecular complexity index is 4390. The van der Waals surface area contributed by atoms with E-state index < -0.39 is 5.41 Å². The second kappa shape index (κ2) is 18.8. The first-order valence-electron chi connectivity index (χ1n) is 26.5. The third-order valence-electron chi connectivity index (χ3n) is 15.7. The molecule has 2 aromatic heterocycles. The third kappa shape index (κ3) is 7.42. The van der Waals surface area contributed by atoms with Crippen molar-refractivity contribution in [3.05, 3.63) is 320 Å². The molecule has 0 aliphatic heterocycles. The summed E-state index contributed by atoms with van der Waals surface area (Å²) < 4.78 is 9.46. The van der Waals surface area contributed by atoms with Crippen LogP contribution in [0.5, 0.6) is 0 Å². The van der Waals surface area contributed by atoms with E-state index in [2.05, 4.69) is 302 Å². The lowest BCUT2D eigenvalue weighted by Gasteiger charge is -2.35. The number of hydrogen-bond donors (Lipinski definition) is 0. The Morgan fingerprint density at radius 3 is 1.66 bits per heavy atom. The molecule has 0 unspecified atom stereocenters. The Morgan fingerprint density at radius 2 is 1.00 bits per heavy atom. The Balaban J connectivity index is 0.965. The van der Waals surface area contributed by atoms with Gasteiger partial charge in [0.2, 0.25) is 0 Å². The highest BCUT2D eigenvalue weighted by Gasteiger charge is 2.48. The average molecular weight is 985 g/mol. The zero-order valence-corrected chi connectivity index (χ0v) is 42.6. The van der Waals surface area contributed by atoms with Crippen LogP contribution in [0.4, 0.5) is 17.1 Å². The maximum Gasteiger partial charge on any atom is 0.145 e. The van der Waals surface area contributed by atoms with Crippen LogP contribution >= 0.6 is 0 Å². The van der Waals surface area contributed by atoms with E-state index in [4.69, 9.17) is 11.0 Å². The lowest BCUT2D eigenvalue weighted by molar-refractivity contribution is 0.670. The number of furan rings is 1. The molecule has 1 aliphatic carbocycles. The molecule has 13 aromatic rings. The number of benzene rings is 11. The van der Waals surface area contributed by atoms with Crippen molar-refractivity contribution in [1.82, 2.24) is 4.57 Å². The molecule has 77 heavy (non-hydrogen) atoms. The third-order valence-corrected chi connectivity index (χ3v) is 15.7. The number of hydrogen-bond acceptors (Lipinski definition) is 2. The fraction of sp³-hybridized carbons (Fsp3) is 0.0270. The van der Waals surface area contributed by atoms with Gasteiger partial charge in [0, 0.05) is 44.5 Å². The quantitative estimate of drug-likeness (QED) is 0.136. The predicted octanol–water partition coefficient (Wildman–Crippen LogP) is 20.0. The van der Waals surface area contributed by atoms with E-state index in [1.54, 1.807) is 0 Å². The largest absolute Gasteiger partial charge is 0.455 e. The van der Waals surface area contributed by atoms with E-state index in [0.29, 0.717) is 0 Å². The predicted molar refractivity (Wildman–Crippen MR) is 324 cm³/mol. The SMILES string of the molecule is C=C1/C(=C\C=C/C)C(c2ccccc2)(c2ccccc2)c2cc(N(c3ccc(-c4ccccc4)cc3)c3ccc(-c4cc5c6ccccc6n(-c6cccc(-c7ccccc7)c6)c5c5c4oc4ccccc45)cc3)ccc21. The number of rotatable bonds is 10. The highest BCUT2D eigenvalue weighted by molar-refractivity contribution is 6.27. The number of fused-ring (bicyclic) bond motifs is 8. The van der Waals surface area contributed by atoms with Gasteiger partial charge in [0.25, 0.3) is 0 Å². The number of allylic oxidation sites excluding steroid dienone is 5. The Labute approximate surface area is 448 Å². The molecule has 11 aromatic carbocycles. The highest BCUT2D eigenvalue weighted by atomic mass is 16.3. The van der Waals surface area contributed by atoms with Gasteiger partial charge in [-0.1, -0.05) is 225 Å². The summed E-state index contributed by atoms with van der Waals surface area (Å²) in [5.41, 5.74) is 21.3. The van der Waals surface area contributed by atoms with Gasteiger partial charge in [-0.2, -0.15) is 0 Å². The molecule has 0 radical (unpaired) electrons. The molecule has 0 spiro atoms. The first-order valence-corrected chi connectivity index (χ1v) is 26.5. The van der Waals surface area contributed by atoms with Crippen molar-refractivity contribution in [3.8, 4) is 39.1 Å². The number of anilines is 3. The molecular weight excluding hydrogens is 933 g/mol. The van der Waals surface area contributed by atoms with E-state index in [0.717, 1.165) is 83.5 Å². The average Bonchev–Trinajstić information content (AvgIpc) is 4.32. The van der Waals surface area contributed by atoms with Crippen molar-refractivity contribution in [3.63, 3.8) is 0 Å². The minimum absolute atomic E-state index is 0.623. The Morgan fingerprint density at radius 1 is 0.455 bits per heavy atom. The molecule has 2 heterocycles. The van der Waals surface area contributed by atoms with E-state index in [1.807, 2.05) is 0 Å². The Hall–Kier alpha value is -9.96. The van der Waals surface area contributed by atoms with Gasteiger partial charge in [-0.3, -0.25) is 0 Å². The van der Waals surface area contributed by atoms with E-state index in [9.17, 15) is 0 Å². The van der Waals surface area contributed by atoms with E-state index in [-0.39, 0.29) is 0 Å². The van der Waals surface area contributed by atoms with Crippen molar-refractivity contribution in [2.45, 2.75) is 12.3 Å². The molecule has 3 heteroatoms. The second-order valence-corrected chi connectivity index (χ2v) is 20.0. The smallest absolute Gasteiger partial charge is 0.145 e. The molecule has 0 bridgehead atoms. The van der Waals surface area contributed by atoms with Crippen LogP contribution in [-0.4, -0.2) is 4.57 Å².